The van der Waals surface area contributed by atoms with Crippen LogP contribution in [-0.4, -0.2) is 35.8 Å². The number of carbonyl (C=O) groups is 3. The maximum atomic E-state index is 12.6. The number of hydrogen-bond donors (Lipinski definition) is 1. The predicted octanol–water partition coefficient (Wildman–Crippen LogP) is 4.02. The Bertz CT molecular complexity index is 877. The highest BCUT2D eigenvalue weighted by Crippen LogP contribution is 2.17. The van der Waals surface area contributed by atoms with Crippen molar-refractivity contribution in [3.8, 4) is 0 Å². The van der Waals surface area contributed by atoms with E-state index in [-0.39, 0.29) is 17.8 Å². The molecule has 2 aromatic carbocycles. The molecule has 6 heteroatoms. The standard InChI is InChI=1S/C23H26N2O4/c1-2-3-14-29-23(28)18-9-11-20(12-10-18)24-22(27)19-7-4-6-17(15-19)16-25-13-5-8-21(25)26/h4,6-7,9-12,15H,2-3,5,8,13-14,16H2,1H3,(H,24,27). The second kappa shape index (κ2) is 9.87. The fourth-order valence-corrected chi connectivity index (χ4v) is 3.19. The van der Waals surface area contributed by atoms with E-state index in [1.54, 1.807) is 36.4 Å². The minimum Gasteiger partial charge on any atom is -0.462 e. The van der Waals surface area contributed by atoms with Crippen LogP contribution in [0.3, 0.4) is 0 Å². The van der Waals surface area contributed by atoms with Gasteiger partial charge in [-0.1, -0.05) is 25.5 Å². The molecule has 1 fully saturated rings. The van der Waals surface area contributed by atoms with Crippen molar-refractivity contribution in [2.45, 2.75) is 39.2 Å². The van der Waals surface area contributed by atoms with E-state index >= 15 is 0 Å². The number of hydrogen-bond acceptors (Lipinski definition) is 4. The summed E-state index contributed by atoms with van der Waals surface area (Å²) >= 11 is 0. The molecular weight excluding hydrogens is 368 g/mol. The van der Waals surface area contributed by atoms with Crippen LogP contribution >= 0.6 is 0 Å². The van der Waals surface area contributed by atoms with Crippen molar-refractivity contribution in [3.63, 3.8) is 0 Å². The molecule has 2 aromatic rings. The Morgan fingerprint density at radius 3 is 2.59 bits per heavy atom. The van der Waals surface area contributed by atoms with Crippen LogP contribution in [0.15, 0.2) is 48.5 Å². The molecule has 1 saturated heterocycles. The maximum absolute atomic E-state index is 12.6. The van der Waals surface area contributed by atoms with Crippen LogP contribution in [0.1, 0.15) is 58.9 Å². The molecular formula is C23H26N2O4. The monoisotopic (exact) mass is 394 g/mol. The Morgan fingerprint density at radius 2 is 1.90 bits per heavy atom. The zero-order valence-electron chi connectivity index (χ0n) is 16.6. The number of rotatable bonds is 8. The highest BCUT2D eigenvalue weighted by atomic mass is 16.5. The fourth-order valence-electron chi connectivity index (χ4n) is 3.19. The Balaban J connectivity index is 1.59. The number of amides is 2. The van der Waals surface area contributed by atoms with Gasteiger partial charge in [-0.05, 0) is 54.8 Å². The minimum absolute atomic E-state index is 0.160. The second-order valence-corrected chi connectivity index (χ2v) is 7.14. The second-order valence-electron chi connectivity index (χ2n) is 7.14. The number of carbonyl (C=O) groups excluding carboxylic acids is 3. The molecule has 6 nitrogen and oxygen atoms in total. The summed E-state index contributed by atoms with van der Waals surface area (Å²) in [5, 5.41) is 2.83. The predicted molar refractivity (Wildman–Crippen MR) is 111 cm³/mol. The van der Waals surface area contributed by atoms with Crippen molar-refractivity contribution in [2.24, 2.45) is 0 Å². The Kier molecular flexibility index (Phi) is 7.00. The topological polar surface area (TPSA) is 75.7 Å². The van der Waals surface area contributed by atoms with E-state index in [0.717, 1.165) is 31.4 Å². The molecule has 2 amide bonds. The van der Waals surface area contributed by atoms with E-state index in [1.807, 2.05) is 24.0 Å². The molecule has 0 bridgehead atoms. The molecule has 0 spiro atoms. The minimum atomic E-state index is -0.361. The molecule has 3 rings (SSSR count). The average Bonchev–Trinajstić information content (AvgIpc) is 3.13. The third-order valence-corrected chi connectivity index (χ3v) is 4.84. The molecule has 1 N–H and O–H groups in total. The van der Waals surface area contributed by atoms with Crippen LogP contribution in [0.2, 0.25) is 0 Å². The van der Waals surface area contributed by atoms with Gasteiger partial charge in [0.15, 0.2) is 0 Å². The number of nitrogens with zero attached hydrogens (tertiary/aromatic N) is 1. The van der Waals surface area contributed by atoms with E-state index in [1.165, 1.54) is 0 Å². The number of ether oxygens (including phenoxy) is 1. The molecule has 0 unspecified atom stereocenters. The van der Waals surface area contributed by atoms with E-state index < -0.39 is 0 Å². The lowest BCUT2D eigenvalue weighted by Gasteiger charge is -2.16. The third kappa shape index (κ3) is 5.67. The van der Waals surface area contributed by atoms with Gasteiger partial charge in [-0.3, -0.25) is 9.59 Å². The van der Waals surface area contributed by atoms with Gasteiger partial charge >= 0.3 is 5.97 Å². The summed E-state index contributed by atoms with van der Waals surface area (Å²) in [6, 6.07) is 13.9. The van der Waals surface area contributed by atoms with Crippen LogP contribution in [0, 0.1) is 0 Å². The lowest BCUT2D eigenvalue weighted by molar-refractivity contribution is -0.128. The fraction of sp³-hybridized carbons (Fsp3) is 0.348. The highest BCUT2D eigenvalue weighted by Gasteiger charge is 2.20. The largest absolute Gasteiger partial charge is 0.462 e. The van der Waals surface area contributed by atoms with Gasteiger partial charge in [-0.25, -0.2) is 4.79 Å². The number of anilines is 1. The van der Waals surface area contributed by atoms with E-state index in [4.69, 9.17) is 4.74 Å². The lowest BCUT2D eigenvalue weighted by Crippen LogP contribution is -2.24. The van der Waals surface area contributed by atoms with Gasteiger partial charge in [0.05, 0.1) is 12.2 Å². The van der Waals surface area contributed by atoms with Crippen molar-refractivity contribution < 1.29 is 19.1 Å². The van der Waals surface area contributed by atoms with Crippen LogP contribution < -0.4 is 5.32 Å². The molecule has 0 atom stereocenters. The Morgan fingerprint density at radius 1 is 1.10 bits per heavy atom. The molecule has 1 aliphatic heterocycles. The third-order valence-electron chi connectivity index (χ3n) is 4.84. The van der Waals surface area contributed by atoms with Gasteiger partial charge in [0.1, 0.15) is 0 Å². The van der Waals surface area contributed by atoms with E-state index in [2.05, 4.69) is 5.32 Å². The molecule has 1 aliphatic rings. The maximum Gasteiger partial charge on any atom is 0.338 e. The number of likely N-dealkylation sites (tertiary alicyclic amines) is 1. The summed E-state index contributed by atoms with van der Waals surface area (Å²) in [6.45, 7) is 3.73. The molecule has 0 radical (unpaired) electrons. The Labute approximate surface area is 170 Å². The van der Waals surface area contributed by atoms with Crippen molar-refractivity contribution in [3.05, 3.63) is 65.2 Å². The van der Waals surface area contributed by atoms with Gasteiger partial charge in [0.25, 0.3) is 5.91 Å². The zero-order valence-corrected chi connectivity index (χ0v) is 16.6. The molecule has 29 heavy (non-hydrogen) atoms. The van der Waals surface area contributed by atoms with Crippen molar-refractivity contribution in [1.82, 2.24) is 4.90 Å². The van der Waals surface area contributed by atoms with Crippen LogP contribution in [0.4, 0.5) is 5.69 Å². The van der Waals surface area contributed by atoms with E-state index in [0.29, 0.717) is 36.4 Å². The molecule has 0 saturated carbocycles. The van der Waals surface area contributed by atoms with Crippen molar-refractivity contribution in [1.29, 1.82) is 0 Å². The van der Waals surface area contributed by atoms with E-state index in [9.17, 15) is 14.4 Å². The summed E-state index contributed by atoms with van der Waals surface area (Å²) in [5.41, 5.74) is 2.51. The van der Waals surface area contributed by atoms with Gasteiger partial charge in [-0.2, -0.15) is 0 Å². The van der Waals surface area contributed by atoms with Crippen molar-refractivity contribution in [2.75, 3.05) is 18.5 Å². The first-order valence-electron chi connectivity index (χ1n) is 10.0. The summed E-state index contributed by atoms with van der Waals surface area (Å²) < 4.78 is 5.18. The van der Waals surface area contributed by atoms with Crippen molar-refractivity contribution >= 4 is 23.5 Å². The number of nitrogens with one attached hydrogen (secondary N) is 1. The number of unbranched alkanes of at least 4 members (excludes halogenated alkanes) is 1. The summed E-state index contributed by atoms with van der Waals surface area (Å²) in [5.74, 6) is -0.438. The smallest absolute Gasteiger partial charge is 0.338 e. The molecule has 152 valence electrons. The summed E-state index contributed by atoms with van der Waals surface area (Å²) in [4.78, 5) is 38.1. The molecule has 0 aliphatic carbocycles. The number of esters is 1. The number of benzene rings is 2. The first kappa shape index (κ1) is 20.6. The molecule has 0 aromatic heterocycles. The normalized spacial score (nSPS) is 13.4. The van der Waals surface area contributed by atoms with Crippen LogP contribution in [0.25, 0.3) is 0 Å². The lowest BCUT2D eigenvalue weighted by atomic mass is 10.1. The van der Waals surface area contributed by atoms with Gasteiger partial charge in [0, 0.05) is 30.8 Å². The van der Waals surface area contributed by atoms with Gasteiger partial charge < -0.3 is 15.0 Å². The first-order chi connectivity index (χ1) is 14.1. The van der Waals surface area contributed by atoms with Gasteiger partial charge in [0.2, 0.25) is 5.91 Å². The SMILES string of the molecule is CCCCOC(=O)c1ccc(NC(=O)c2cccc(CN3CCCC3=O)c2)cc1. The Hall–Kier alpha value is -3.15. The summed E-state index contributed by atoms with van der Waals surface area (Å²) in [7, 11) is 0. The zero-order chi connectivity index (χ0) is 20.6. The molecule has 1 heterocycles. The highest BCUT2D eigenvalue weighted by molar-refractivity contribution is 6.04. The summed E-state index contributed by atoms with van der Waals surface area (Å²) in [6.07, 6.45) is 3.29. The van der Waals surface area contributed by atoms with Crippen LogP contribution in [0.5, 0.6) is 0 Å². The average molecular weight is 394 g/mol. The van der Waals surface area contributed by atoms with Crippen LogP contribution in [-0.2, 0) is 16.1 Å². The first-order valence-corrected chi connectivity index (χ1v) is 10.0. The van der Waals surface area contributed by atoms with Gasteiger partial charge in [-0.15, -0.1) is 0 Å². The quantitative estimate of drug-likeness (QED) is 0.542.